The first-order valence-corrected chi connectivity index (χ1v) is 7.73. The number of piperazine rings is 1. The van der Waals surface area contributed by atoms with Gasteiger partial charge in [-0.15, -0.1) is 0 Å². The summed E-state index contributed by atoms with van der Waals surface area (Å²) in [4.78, 5) is 11.0. The van der Waals surface area contributed by atoms with Gasteiger partial charge in [-0.25, -0.2) is 9.38 Å². The Bertz CT molecular complexity index is 523. The second-order valence-electron chi connectivity index (χ2n) is 6.02. The number of anilines is 1. The van der Waals surface area contributed by atoms with Crippen LogP contribution in [-0.4, -0.2) is 75.3 Å². The van der Waals surface area contributed by atoms with Crippen molar-refractivity contribution in [2.45, 2.75) is 6.10 Å². The van der Waals surface area contributed by atoms with Gasteiger partial charge in [-0.1, -0.05) is 0 Å². The quantitative estimate of drug-likeness (QED) is 0.841. The number of rotatable bonds is 3. The van der Waals surface area contributed by atoms with Crippen molar-refractivity contribution in [3.8, 4) is 0 Å². The van der Waals surface area contributed by atoms with Gasteiger partial charge in [0.15, 0.2) is 0 Å². The smallest absolute Gasteiger partial charge is 0.287 e. The molecule has 1 fully saturated rings. The zero-order valence-corrected chi connectivity index (χ0v) is 13.2. The van der Waals surface area contributed by atoms with Gasteiger partial charge in [0.25, 0.3) is 6.02 Å². The van der Waals surface area contributed by atoms with E-state index in [0.29, 0.717) is 0 Å². The molecule has 2 heterocycles. The average Bonchev–Trinajstić information content (AvgIpc) is 2.98. The fraction of sp³-hybridized carbons (Fsp3) is 0.562. The highest BCUT2D eigenvalue weighted by Gasteiger charge is 2.25. The van der Waals surface area contributed by atoms with E-state index in [4.69, 9.17) is 4.74 Å². The molecular formula is C16H23FN4O. The fourth-order valence-corrected chi connectivity index (χ4v) is 2.87. The van der Waals surface area contributed by atoms with Crippen LogP contribution < -0.4 is 4.90 Å². The molecule has 2 aliphatic heterocycles. The maximum atomic E-state index is 13.0. The minimum atomic E-state index is -0.183. The van der Waals surface area contributed by atoms with Crippen molar-refractivity contribution >= 4 is 11.7 Å². The van der Waals surface area contributed by atoms with Crippen LogP contribution in [0.25, 0.3) is 0 Å². The Balaban J connectivity index is 1.45. The molecule has 1 atom stereocenters. The Kier molecular flexibility index (Phi) is 4.47. The molecule has 0 spiro atoms. The van der Waals surface area contributed by atoms with E-state index in [9.17, 15) is 4.39 Å². The van der Waals surface area contributed by atoms with Crippen molar-refractivity contribution in [1.29, 1.82) is 0 Å². The normalized spacial score (nSPS) is 22.4. The van der Waals surface area contributed by atoms with Crippen LogP contribution in [0.3, 0.4) is 0 Å². The van der Waals surface area contributed by atoms with Crippen LogP contribution in [0.2, 0.25) is 0 Å². The summed E-state index contributed by atoms with van der Waals surface area (Å²) in [6, 6.07) is 7.47. The lowest BCUT2D eigenvalue weighted by molar-refractivity contribution is 0.128. The number of nitrogens with zero attached hydrogens (tertiary/aromatic N) is 4. The highest BCUT2D eigenvalue weighted by Crippen LogP contribution is 2.17. The molecule has 3 rings (SSSR count). The summed E-state index contributed by atoms with van der Waals surface area (Å²) in [5.41, 5.74) is 1.09. The van der Waals surface area contributed by atoms with Gasteiger partial charge in [0, 0.05) is 52.5 Å². The summed E-state index contributed by atoms with van der Waals surface area (Å²) in [5, 5.41) is 0. The third kappa shape index (κ3) is 3.50. The van der Waals surface area contributed by atoms with Crippen LogP contribution in [0.1, 0.15) is 0 Å². The molecule has 0 aliphatic carbocycles. The minimum absolute atomic E-state index is 0.162. The summed E-state index contributed by atoms with van der Waals surface area (Å²) in [6.07, 6.45) is 0.162. The Morgan fingerprint density at radius 2 is 1.86 bits per heavy atom. The molecule has 5 nitrogen and oxygen atoms in total. The summed E-state index contributed by atoms with van der Waals surface area (Å²) < 4.78 is 18.8. The molecule has 6 heteroatoms. The first kappa shape index (κ1) is 15.1. The third-order valence-electron chi connectivity index (χ3n) is 4.11. The van der Waals surface area contributed by atoms with Crippen LogP contribution in [-0.2, 0) is 4.74 Å². The number of benzene rings is 1. The molecule has 1 unspecified atom stereocenters. The number of amidine groups is 1. The zero-order chi connectivity index (χ0) is 15.5. The summed E-state index contributed by atoms with van der Waals surface area (Å²) in [6.45, 7) is 5.56. The lowest BCUT2D eigenvalue weighted by Crippen LogP contribution is -2.49. The van der Waals surface area contributed by atoms with Crippen LogP contribution in [0.4, 0.5) is 10.1 Å². The van der Waals surface area contributed by atoms with Gasteiger partial charge in [-0.2, -0.15) is 0 Å². The van der Waals surface area contributed by atoms with Crippen LogP contribution in [0.5, 0.6) is 0 Å². The lowest BCUT2D eigenvalue weighted by Gasteiger charge is -2.36. The first-order valence-electron chi connectivity index (χ1n) is 7.73. The molecule has 1 aromatic rings. The van der Waals surface area contributed by atoms with Gasteiger partial charge in [-0.05, 0) is 24.3 Å². The molecular weight excluding hydrogens is 283 g/mol. The SMILES string of the molecule is CN(C)C1=NCC(CN2CCN(c3ccc(F)cc3)CC2)O1. The van der Waals surface area contributed by atoms with Crippen molar-refractivity contribution in [2.75, 3.05) is 58.3 Å². The molecule has 120 valence electrons. The Morgan fingerprint density at radius 3 is 2.45 bits per heavy atom. The number of aliphatic imine (C=N–C) groups is 1. The maximum absolute atomic E-state index is 13.0. The van der Waals surface area contributed by atoms with E-state index in [-0.39, 0.29) is 11.9 Å². The fourth-order valence-electron chi connectivity index (χ4n) is 2.87. The third-order valence-corrected chi connectivity index (χ3v) is 4.11. The monoisotopic (exact) mass is 306 g/mol. The Morgan fingerprint density at radius 1 is 1.18 bits per heavy atom. The van der Waals surface area contributed by atoms with Gasteiger partial charge >= 0.3 is 0 Å². The molecule has 22 heavy (non-hydrogen) atoms. The molecule has 2 aliphatic rings. The van der Waals surface area contributed by atoms with Crippen molar-refractivity contribution in [3.05, 3.63) is 30.1 Å². The maximum Gasteiger partial charge on any atom is 0.287 e. The topological polar surface area (TPSA) is 31.3 Å². The van der Waals surface area contributed by atoms with Crippen LogP contribution >= 0.6 is 0 Å². The molecule has 0 aromatic heterocycles. The Hall–Kier alpha value is -1.82. The lowest BCUT2D eigenvalue weighted by atomic mass is 10.2. The molecule has 1 aromatic carbocycles. The van der Waals surface area contributed by atoms with Gasteiger partial charge in [-0.3, -0.25) is 4.90 Å². The van der Waals surface area contributed by atoms with E-state index in [2.05, 4.69) is 14.8 Å². The predicted molar refractivity (Wildman–Crippen MR) is 85.9 cm³/mol. The van der Waals surface area contributed by atoms with Crippen LogP contribution in [0, 0.1) is 5.82 Å². The van der Waals surface area contributed by atoms with Gasteiger partial charge in [0.05, 0.1) is 6.54 Å². The molecule has 0 bridgehead atoms. The number of halogens is 1. The van der Waals surface area contributed by atoms with Crippen molar-refractivity contribution < 1.29 is 9.13 Å². The van der Waals surface area contributed by atoms with E-state index in [1.165, 1.54) is 12.1 Å². The second-order valence-corrected chi connectivity index (χ2v) is 6.02. The van der Waals surface area contributed by atoms with Gasteiger partial charge in [0.1, 0.15) is 11.9 Å². The summed E-state index contributed by atoms with van der Waals surface area (Å²) >= 11 is 0. The molecule has 0 amide bonds. The van der Waals surface area contributed by atoms with E-state index in [0.717, 1.165) is 51.0 Å². The second kappa shape index (κ2) is 6.52. The number of ether oxygens (including phenoxy) is 1. The van der Waals surface area contributed by atoms with E-state index in [1.54, 1.807) is 0 Å². The number of hydrogen-bond donors (Lipinski definition) is 0. The Labute approximate surface area is 131 Å². The van der Waals surface area contributed by atoms with Gasteiger partial charge in [0.2, 0.25) is 0 Å². The van der Waals surface area contributed by atoms with Crippen LogP contribution in [0.15, 0.2) is 29.3 Å². The van der Waals surface area contributed by atoms with Crippen molar-refractivity contribution in [3.63, 3.8) is 0 Å². The molecule has 0 radical (unpaired) electrons. The first-order chi connectivity index (χ1) is 10.6. The summed E-state index contributed by atoms with van der Waals surface area (Å²) in [5.74, 6) is -0.183. The minimum Gasteiger partial charge on any atom is -0.459 e. The standard InChI is InChI=1S/C16H23FN4O/c1-19(2)16-18-11-15(22-16)12-20-7-9-21(10-8-20)14-5-3-13(17)4-6-14/h3-6,15H,7-12H2,1-2H3. The predicted octanol–water partition coefficient (Wildman–Crippen LogP) is 1.26. The highest BCUT2D eigenvalue weighted by molar-refractivity contribution is 5.74. The van der Waals surface area contributed by atoms with Crippen molar-refractivity contribution in [1.82, 2.24) is 9.80 Å². The molecule has 0 N–H and O–H groups in total. The van der Waals surface area contributed by atoms with E-state index >= 15 is 0 Å². The van der Waals surface area contributed by atoms with E-state index in [1.807, 2.05) is 31.1 Å². The largest absolute Gasteiger partial charge is 0.459 e. The van der Waals surface area contributed by atoms with Crippen molar-refractivity contribution in [2.24, 2.45) is 4.99 Å². The van der Waals surface area contributed by atoms with Gasteiger partial charge < -0.3 is 14.5 Å². The molecule has 0 saturated carbocycles. The molecule has 1 saturated heterocycles. The zero-order valence-electron chi connectivity index (χ0n) is 13.2. The summed E-state index contributed by atoms with van der Waals surface area (Å²) in [7, 11) is 3.89. The number of hydrogen-bond acceptors (Lipinski definition) is 5. The average molecular weight is 306 g/mol. The van der Waals surface area contributed by atoms with E-state index < -0.39 is 0 Å². The highest BCUT2D eigenvalue weighted by atomic mass is 19.1.